The van der Waals surface area contributed by atoms with Crippen molar-refractivity contribution >= 4 is 34.6 Å². The van der Waals surface area contributed by atoms with Crippen LogP contribution in [0.3, 0.4) is 0 Å². The predicted molar refractivity (Wildman–Crippen MR) is 99.8 cm³/mol. The van der Waals surface area contributed by atoms with Crippen molar-refractivity contribution in [1.82, 2.24) is 14.8 Å². The highest BCUT2D eigenvalue weighted by Gasteiger charge is 2.25. The van der Waals surface area contributed by atoms with Crippen LogP contribution in [0.4, 0.5) is 11.6 Å². The van der Waals surface area contributed by atoms with Crippen molar-refractivity contribution in [2.45, 2.75) is 19.9 Å². The highest BCUT2D eigenvalue weighted by atomic mass is 32.1. The SMILES string of the molecule is CC1=Nc2c(C#N)c(NCc3csc(-c4ccccc4)n3)nn2C(=O)C1. The van der Waals surface area contributed by atoms with E-state index in [1.165, 1.54) is 4.68 Å². The molecular formula is C18H14N6OS. The van der Waals surface area contributed by atoms with E-state index < -0.39 is 0 Å². The number of thiazole rings is 1. The number of fused-ring (bicyclic) bond motifs is 1. The highest BCUT2D eigenvalue weighted by molar-refractivity contribution is 7.13. The van der Waals surface area contributed by atoms with Crippen LogP contribution in [-0.2, 0) is 6.54 Å². The van der Waals surface area contributed by atoms with Crippen molar-refractivity contribution in [2.75, 3.05) is 5.32 Å². The van der Waals surface area contributed by atoms with Crippen molar-refractivity contribution in [3.05, 3.63) is 47.0 Å². The summed E-state index contributed by atoms with van der Waals surface area (Å²) >= 11 is 1.56. The van der Waals surface area contributed by atoms with Gasteiger partial charge in [-0.3, -0.25) is 4.79 Å². The van der Waals surface area contributed by atoms with Gasteiger partial charge in [-0.05, 0) is 6.92 Å². The average Bonchev–Trinajstić information content (AvgIpc) is 3.25. The lowest BCUT2D eigenvalue weighted by molar-refractivity contribution is 0.0906. The van der Waals surface area contributed by atoms with Crippen molar-refractivity contribution in [3.63, 3.8) is 0 Å². The van der Waals surface area contributed by atoms with Crippen molar-refractivity contribution in [1.29, 1.82) is 5.26 Å². The van der Waals surface area contributed by atoms with Crippen molar-refractivity contribution < 1.29 is 4.79 Å². The van der Waals surface area contributed by atoms with E-state index in [9.17, 15) is 10.1 Å². The van der Waals surface area contributed by atoms with E-state index in [0.29, 0.717) is 23.9 Å². The lowest BCUT2D eigenvalue weighted by atomic mass is 10.2. The Bertz CT molecular complexity index is 1060. The van der Waals surface area contributed by atoms with Crippen molar-refractivity contribution in [3.8, 4) is 16.6 Å². The number of nitrogens with zero attached hydrogens (tertiary/aromatic N) is 5. The molecule has 4 rings (SSSR count). The number of anilines is 1. The Morgan fingerprint density at radius 2 is 2.15 bits per heavy atom. The molecule has 0 bridgehead atoms. The topological polar surface area (TPSA) is 96.0 Å². The van der Waals surface area contributed by atoms with Crippen LogP contribution in [0.1, 0.15) is 29.4 Å². The molecule has 3 heterocycles. The smallest absolute Gasteiger partial charge is 0.254 e. The van der Waals surface area contributed by atoms with Gasteiger partial charge < -0.3 is 5.32 Å². The van der Waals surface area contributed by atoms with Gasteiger partial charge in [-0.2, -0.15) is 9.94 Å². The Balaban J connectivity index is 1.56. The molecule has 2 aromatic heterocycles. The van der Waals surface area contributed by atoms with E-state index in [2.05, 4.69) is 26.5 Å². The molecule has 128 valence electrons. The zero-order chi connectivity index (χ0) is 18.1. The number of carbonyl (C=O) groups is 1. The molecule has 1 N–H and O–H groups in total. The molecule has 0 fully saturated rings. The summed E-state index contributed by atoms with van der Waals surface area (Å²) in [4.78, 5) is 21.0. The van der Waals surface area contributed by atoms with Gasteiger partial charge in [-0.1, -0.05) is 30.3 Å². The largest absolute Gasteiger partial charge is 0.362 e. The first-order valence-corrected chi connectivity index (χ1v) is 8.88. The van der Waals surface area contributed by atoms with Crippen LogP contribution in [0.2, 0.25) is 0 Å². The van der Waals surface area contributed by atoms with Gasteiger partial charge >= 0.3 is 0 Å². The Morgan fingerprint density at radius 3 is 2.92 bits per heavy atom. The monoisotopic (exact) mass is 362 g/mol. The number of aromatic nitrogens is 3. The summed E-state index contributed by atoms with van der Waals surface area (Å²) in [6.45, 7) is 2.17. The molecule has 1 aliphatic heterocycles. The van der Waals surface area contributed by atoms with Gasteiger partial charge in [0, 0.05) is 16.7 Å². The molecule has 7 nitrogen and oxygen atoms in total. The van der Waals surface area contributed by atoms with Crippen LogP contribution in [0, 0.1) is 11.3 Å². The van der Waals surface area contributed by atoms with Gasteiger partial charge in [0.15, 0.2) is 11.6 Å². The lowest BCUT2D eigenvalue weighted by Gasteiger charge is -2.08. The zero-order valence-corrected chi connectivity index (χ0v) is 14.7. The Labute approximate surface area is 153 Å². The molecule has 0 amide bonds. The maximum absolute atomic E-state index is 12.1. The van der Waals surface area contributed by atoms with Crippen LogP contribution in [-0.4, -0.2) is 26.4 Å². The van der Waals surface area contributed by atoms with E-state index in [-0.39, 0.29) is 17.9 Å². The first kappa shape index (κ1) is 16.2. The molecule has 8 heteroatoms. The van der Waals surface area contributed by atoms with Crippen LogP contribution in [0.25, 0.3) is 10.6 Å². The minimum absolute atomic E-state index is 0.183. The first-order chi connectivity index (χ1) is 12.7. The highest BCUT2D eigenvalue weighted by Crippen LogP contribution is 2.30. The van der Waals surface area contributed by atoms with E-state index in [4.69, 9.17) is 0 Å². The van der Waals surface area contributed by atoms with Gasteiger partial charge in [0.05, 0.1) is 18.7 Å². The van der Waals surface area contributed by atoms with E-state index in [1.54, 1.807) is 18.3 Å². The fraction of sp³-hybridized carbons (Fsp3) is 0.167. The van der Waals surface area contributed by atoms with Crippen molar-refractivity contribution in [2.24, 2.45) is 4.99 Å². The Kier molecular flexibility index (Phi) is 4.07. The molecule has 0 saturated carbocycles. The molecule has 0 radical (unpaired) electrons. The van der Waals surface area contributed by atoms with Gasteiger partial charge in [0.2, 0.25) is 0 Å². The summed E-state index contributed by atoms with van der Waals surface area (Å²) in [6.07, 6.45) is 0.214. The number of hydrogen-bond donors (Lipinski definition) is 1. The molecule has 1 aromatic carbocycles. The number of carbonyl (C=O) groups excluding carboxylic acids is 1. The summed E-state index contributed by atoms with van der Waals surface area (Å²) in [5, 5.41) is 19.7. The van der Waals surface area contributed by atoms with Gasteiger partial charge in [0.25, 0.3) is 5.91 Å². The molecule has 3 aromatic rings. The van der Waals surface area contributed by atoms with Gasteiger partial charge in [-0.15, -0.1) is 16.4 Å². The van der Waals surface area contributed by atoms with Crippen LogP contribution in [0.15, 0.2) is 40.7 Å². The molecule has 0 spiro atoms. The predicted octanol–water partition coefficient (Wildman–Crippen LogP) is 3.63. The number of nitrogens with one attached hydrogen (secondary N) is 1. The van der Waals surface area contributed by atoms with Crippen LogP contribution < -0.4 is 5.32 Å². The second-order valence-electron chi connectivity index (χ2n) is 5.85. The first-order valence-electron chi connectivity index (χ1n) is 8.00. The third kappa shape index (κ3) is 2.89. The number of nitriles is 1. The molecule has 26 heavy (non-hydrogen) atoms. The fourth-order valence-corrected chi connectivity index (χ4v) is 3.53. The Morgan fingerprint density at radius 1 is 1.35 bits per heavy atom. The minimum Gasteiger partial charge on any atom is -0.362 e. The number of hydrogen-bond acceptors (Lipinski definition) is 7. The fourth-order valence-electron chi connectivity index (χ4n) is 2.70. The van der Waals surface area contributed by atoms with E-state index in [0.717, 1.165) is 16.3 Å². The van der Waals surface area contributed by atoms with E-state index >= 15 is 0 Å². The van der Waals surface area contributed by atoms with Crippen LogP contribution in [0.5, 0.6) is 0 Å². The molecular weight excluding hydrogens is 348 g/mol. The minimum atomic E-state index is -0.183. The van der Waals surface area contributed by atoms with E-state index in [1.807, 2.05) is 35.7 Å². The lowest BCUT2D eigenvalue weighted by Crippen LogP contribution is -2.19. The summed E-state index contributed by atoms with van der Waals surface area (Å²) in [7, 11) is 0. The third-order valence-electron chi connectivity index (χ3n) is 3.92. The summed E-state index contributed by atoms with van der Waals surface area (Å²) < 4.78 is 1.20. The standard InChI is InChI=1S/C18H14N6OS/c1-11-7-15(25)24-17(21-11)14(8-19)16(23-24)20-9-13-10-26-18(22-13)12-5-3-2-4-6-12/h2-6,10H,7,9H2,1H3,(H,20,23). The number of rotatable bonds is 4. The molecule has 0 aliphatic carbocycles. The summed E-state index contributed by atoms with van der Waals surface area (Å²) in [6, 6.07) is 12.0. The third-order valence-corrected chi connectivity index (χ3v) is 4.86. The average molecular weight is 362 g/mol. The number of aliphatic imine (C=N–C) groups is 1. The summed E-state index contributed by atoms with van der Waals surface area (Å²) in [5.74, 6) is 0.465. The molecule has 1 aliphatic rings. The summed E-state index contributed by atoms with van der Waals surface area (Å²) in [5.41, 5.74) is 2.86. The second-order valence-corrected chi connectivity index (χ2v) is 6.71. The second kappa shape index (κ2) is 6.54. The maximum atomic E-state index is 12.1. The molecule has 0 atom stereocenters. The zero-order valence-electron chi connectivity index (χ0n) is 13.9. The van der Waals surface area contributed by atoms with Gasteiger partial charge in [-0.25, -0.2) is 9.98 Å². The van der Waals surface area contributed by atoms with Gasteiger partial charge in [0.1, 0.15) is 16.6 Å². The molecule has 0 saturated heterocycles. The van der Waals surface area contributed by atoms with Crippen LogP contribution >= 0.6 is 11.3 Å². The maximum Gasteiger partial charge on any atom is 0.254 e. The molecule has 0 unspecified atom stereocenters. The Hall–Kier alpha value is -3.31. The quantitative estimate of drug-likeness (QED) is 0.764. The number of benzene rings is 1. The normalized spacial score (nSPS) is 13.1.